The monoisotopic (exact) mass is 286 g/mol. The smallest absolute Gasteiger partial charge is 0.330 e. The third-order valence-corrected chi connectivity index (χ3v) is 3.17. The molecule has 20 heavy (non-hydrogen) atoms. The Balaban J connectivity index is 3.07. The van der Waals surface area contributed by atoms with Crippen LogP contribution in [-0.2, 0) is 11.3 Å². The lowest BCUT2D eigenvalue weighted by Crippen LogP contribution is -2.38. The minimum Gasteiger partial charge on any atom is -0.388 e. The summed E-state index contributed by atoms with van der Waals surface area (Å²) in [6.45, 7) is 4.15. The van der Waals surface area contributed by atoms with Crippen molar-refractivity contribution >= 4 is 11.5 Å². The molecule has 0 amide bonds. The number of nitrogen functional groups attached to an aromatic ring is 1. The van der Waals surface area contributed by atoms with Gasteiger partial charge in [0, 0.05) is 13.7 Å². The van der Waals surface area contributed by atoms with Gasteiger partial charge in [-0.25, -0.2) is 4.79 Å². The van der Waals surface area contributed by atoms with Crippen LogP contribution in [0.2, 0.25) is 0 Å². The van der Waals surface area contributed by atoms with Crippen molar-refractivity contribution in [2.45, 2.75) is 32.4 Å². The highest BCUT2D eigenvalue weighted by Gasteiger charge is 2.19. The van der Waals surface area contributed by atoms with Gasteiger partial charge in [-0.1, -0.05) is 6.92 Å². The molecule has 1 heterocycles. The van der Waals surface area contributed by atoms with E-state index in [-0.39, 0.29) is 24.6 Å². The van der Waals surface area contributed by atoms with E-state index >= 15 is 0 Å². The third kappa shape index (κ3) is 3.84. The van der Waals surface area contributed by atoms with Gasteiger partial charge in [-0.3, -0.25) is 14.3 Å². The largest absolute Gasteiger partial charge is 0.388 e. The maximum Gasteiger partial charge on any atom is 0.330 e. The van der Waals surface area contributed by atoms with Crippen LogP contribution in [0.4, 0.5) is 11.5 Å². The third-order valence-electron chi connectivity index (χ3n) is 3.17. The van der Waals surface area contributed by atoms with Crippen molar-refractivity contribution in [1.29, 1.82) is 0 Å². The minimum atomic E-state index is -0.966. The normalized spacial score (nSPS) is 14.0. The van der Waals surface area contributed by atoms with Crippen LogP contribution in [-0.4, -0.2) is 40.5 Å². The van der Waals surface area contributed by atoms with Crippen molar-refractivity contribution < 1.29 is 9.84 Å². The van der Waals surface area contributed by atoms with Crippen LogP contribution in [0.5, 0.6) is 0 Å². The number of nitrogens with one attached hydrogen (secondary N) is 2. The number of nitrogens with two attached hydrogens (primary N) is 1. The molecule has 0 spiro atoms. The van der Waals surface area contributed by atoms with Crippen LogP contribution in [0.3, 0.4) is 0 Å². The van der Waals surface area contributed by atoms with Crippen LogP contribution in [0.1, 0.15) is 20.3 Å². The number of aliphatic hydroxyl groups is 1. The Hall–Kier alpha value is -1.80. The van der Waals surface area contributed by atoms with E-state index in [1.54, 1.807) is 6.92 Å². The summed E-state index contributed by atoms with van der Waals surface area (Å²) in [6.07, 6.45) is 0.515. The number of aromatic amines is 1. The van der Waals surface area contributed by atoms with Gasteiger partial charge in [-0.2, -0.15) is 0 Å². The first kappa shape index (κ1) is 16.3. The standard InChI is InChI=1S/C12H22N4O4/c1-4-12(2,19)7-14-8-9(13)16(5-6-20-3)11(18)15-10(8)17/h14,19H,4-7,13H2,1-3H3,(H,15,17,18). The predicted molar refractivity (Wildman–Crippen MR) is 77.0 cm³/mol. The molecule has 0 radical (unpaired) electrons. The Morgan fingerprint density at radius 2 is 2.15 bits per heavy atom. The average Bonchev–Trinajstić information content (AvgIpc) is 2.38. The molecule has 1 aromatic heterocycles. The molecule has 1 aromatic rings. The fourth-order valence-corrected chi connectivity index (χ4v) is 1.57. The van der Waals surface area contributed by atoms with E-state index in [1.807, 2.05) is 6.92 Å². The minimum absolute atomic E-state index is 0.0303. The zero-order valence-corrected chi connectivity index (χ0v) is 12.0. The second kappa shape index (κ2) is 6.58. The molecule has 1 rings (SSSR count). The molecule has 0 aliphatic heterocycles. The van der Waals surface area contributed by atoms with Crippen LogP contribution >= 0.6 is 0 Å². The molecule has 5 N–H and O–H groups in total. The van der Waals surface area contributed by atoms with Crippen LogP contribution in [0.15, 0.2) is 9.59 Å². The van der Waals surface area contributed by atoms with Gasteiger partial charge in [-0.05, 0) is 13.3 Å². The fourth-order valence-electron chi connectivity index (χ4n) is 1.57. The highest BCUT2D eigenvalue weighted by atomic mass is 16.5. The summed E-state index contributed by atoms with van der Waals surface area (Å²) in [6, 6.07) is 0. The van der Waals surface area contributed by atoms with Crippen molar-refractivity contribution in [3.05, 3.63) is 20.8 Å². The Labute approximate surface area is 116 Å². The Kier molecular flexibility index (Phi) is 5.34. The lowest BCUT2D eigenvalue weighted by atomic mass is 10.0. The lowest BCUT2D eigenvalue weighted by Gasteiger charge is -2.23. The first-order chi connectivity index (χ1) is 9.32. The van der Waals surface area contributed by atoms with Crippen molar-refractivity contribution in [2.75, 3.05) is 31.3 Å². The Morgan fingerprint density at radius 1 is 1.50 bits per heavy atom. The molecule has 0 aliphatic carbocycles. The summed E-state index contributed by atoms with van der Waals surface area (Å²) in [5.41, 5.74) is 3.76. The SMILES string of the molecule is CCC(C)(O)CNc1c(N)n(CCOC)c(=O)[nH]c1=O. The number of aromatic nitrogens is 2. The average molecular weight is 286 g/mol. The number of ether oxygens (including phenoxy) is 1. The maximum absolute atomic E-state index is 11.8. The molecule has 8 nitrogen and oxygen atoms in total. The van der Waals surface area contributed by atoms with Gasteiger partial charge in [0.15, 0.2) is 0 Å². The molecule has 0 saturated carbocycles. The molecule has 0 fully saturated rings. The molecular weight excluding hydrogens is 264 g/mol. The molecule has 1 atom stereocenters. The van der Waals surface area contributed by atoms with Crippen LogP contribution < -0.4 is 22.3 Å². The molecule has 1 unspecified atom stereocenters. The van der Waals surface area contributed by atoms with Crippen molar-refractivity contribution in [3.8, 4) is 0 Å². The molecule has 0 aromatic carbocycles. The number of nitrogens with zero attached hydrogens (tertiary/aromatic N) is 1. The van der Waals surface area contributed by atoms with E-state index in [0.29, 0.717) is 13.0 Å². The zero-order chi connectivity index (χ0) is 15.3. The van der Waals surface area contributed by atoms with Crippen molar-refractivity contribution in [1.82, 2.24) is 9.55 Å². The topological polar surface area (TPSA) is 122 Å². The maximum atomic E-state index is 11.8. The van der Waals surface area contributed by atoms with E-state index in [2.05, 4.69) is 10.3 Å². The number of hydrogen-bond acceptors (Lipinski definition) is 6. The second-order valence-corrected chi connectivity index (χ2v) is 4.87. The Morgan fingerprint density at radius 3 is 2.70 bits per heavy atom. The summed E-state index contributed by atoms with van der Waals surface area (Å²) in [5, 5.41) is 12.7. The van der Waals surface area contributed by atoms with Gasteiger partial charge in [0.1, 0.15) is 11.5 Å². The Bertz CT molecular complexity index is 562. The number of anilines is 2. The quantitative estimate of drug-likeness (QED) is 0.527. The zero-order valence-electron chi connectivity index (χ0n) is 12.0. The summed E-state index contributed by atoms with van der Waals surface area (Å²) in [4.78, 5) is 25.6. The summed E-state index contributed by atoms with van der Waals surface area (Å²) >= 11 is 0. The summed E-state index contributed by atoms with van der Waals surface area (Å²) < 4.78 is 6.11. The highest BCUT2D eigenvalue weighted by molar-refractivity contribution is 5.60. The number of rotatable bonds is 7. The van der Waals surface area contributed by atoms with Gasteiger partial charge in [0.25, 0.3) is 5.56 Å². The van der Waals surface area contributed by atoms with E-state index in [1.165, 1.54) is 11.7 Å². The predicted octanol–water partition coefficient (Wildman–Crippen LogP) is -0.662. The highest BCUT2D eigenvalue weighted by Crippen LogP contribution is 2.13. The molecule has 0 aliphatic rings. The van der Waals surface area contributed by atoms with E-state index in [4.69, 9.17) is 10.5 Å². The molecule has 8 heteroatoms. The number of methoxy groups -OCH3 is 1. The molecular formula is C12H22N4O4. The van der Waals surface area contributed by atoms with Gasteiger partial charge < -0.3 is 20.9 Å². The van der Waals surface area contributed by atoms with Gasteiger partial charge >= 0.3 is 5.69 Å². The molecule has 114 valence electrons. The van der Waals surface area contributed by atoms with Gasteiger partial charge in [0.05, 0.1) is 18.8 Å². The fraction of sp³-hybridized carbons (Fsp3) is 0.667. The van der Waals surface area contributed by atoms with Gasteiger partial charge in [-0.15, -0.1) is 0 Å². The van der Waals surface area contributed by atoms with E-state index < -0.39 is 16.9 Å². The van der Waals surface area contributed by atoms with Crippen LogP contribution in [0.25, 0.3) is 0 Å². The van der Waals surface area contributed by atoms with Crippen molar-refractivity contribution in [3.63, 3.8) is 0 Å². The number of hydrogen-bond donors (Lipinski definition) is 4. The number of H-pyrrole nitrogens is 1. The second-order valence-electron chi connectivity index (χ2n) is 4.87. The molecule has 0 saturated heterocycles. The first-order valence-electron chi connectivity index (χ1n) is 6.40. The first-order valence-corrected chi connectivity index (χ1v) is 6.40. The van der Waals surface area contributed by atoms with Gasteiger partial charge in [0.2, 0.25) is 0 Å². The summed E-state index contributed by atoms with van der Waals surface area (Å²) in [5.74, 6) is 0.0303. The van der Waals surface area contributed by atoms with Crippen LogP contribution in [0, 0.1) is 0 Å². The summed E-state index contributed by atoms with van der Waals surface area (Å²) in [7, 11) is 1.50. The molecule has 0 bridgehead atoms. The van der Waals surface area contributed by atoms with E-state index in [9.17, 15) is 14.7 Å². The van der Waals surface area contributed by atoms with Crippen molar-refractivity contribution in [2.24, 2.45) is 0 Å². The lowest BCUT2D eigenvalue weighted by molar-refractivity contribution is 0.0697. The van der Waals surface area contributed by atoms with E-state index in [0.717, 1.165) is 0 Å².